The first-order valence-corrected chi connectivity index (χ1v) is 9.53. The number of H-pyrrole nitrogens is 1. The molecular weight excluding hydrogens is 382 g/mol. The summed E-state index contributed by atoms with van der Waals surface area (Å²) in [5.74, 6) is 0.381. The van der Waals surface area contributed by atoms with Crippen LogP contribution in [0.5, 0.6) is 0 Å². The molecule has 0 bridgehead atoms. The summed E-state index contributed by atoms with van der Waals surface area (Å²) in [6.45, 7) is 2.78. The van der Waals surface area contributed by atoms with Crippen molar-refractivity contribution < 1.29 is 4.79 Å². The van der Waals surface area contributed by atoms with E-state index in [9.17, 15) is 9.59 Å². The number of hydrogen-bond donors (Lipinski definition) is 2. The van der Waals surface area contributed by atoms with E-state index in [0.29, 0.717) is 30.9 Å². The van der Waals surface area contributed by atoms with Crippen LogP contribution in [0.25, 0.3) is 16.9 Å². The van der Waals surface area contributed by atoms with E-state index in [4.69, 9.17) is 0 Å². The van der Waals surface area contributed by atoms with Crippen LogP contribution in [0.1, 0.15) is 17.7 Å². The number of carbonyl (C=O) groups is 1. The lowest BCUT2D eigenvalue weighted by Crippen LogP contribution is -2.24. The van der Waals surface area contributed by atoms with E-state index >= 15 is 0 Å². The number of aryl methyl sites for hydroxylation is 2. The van der Waals surface area contributed by atoms with Crippen LogP contribution in [0.15, 0.2) is 66.1 Å². The minimum atomic E-state index is -0.216. The molecule has 0 saturated carbocycles. The monoisotopic (exact) mass is 403 g/mol. The molecule has 0 aliphatic heterocycles. The Kier molecular flexibility index (Phi) is 5.51. The fourth-order valence-corrected chi connectivity index (χ4v) is 3.05. The fraction of sp³-hybridized carbons (Fsp3) is 0.190. The van der Waals surface area contributed by atoms with E-state index in [1.807, 2.05) is 25.3 Å². The van der Waals surface area contributed by atoms with Gasteiger partial charge in [0.05, 0.1) is 11.3 Å². The van der Waals surface area contributed by atoms with Gasteiger partial charge in [0.25, 0.3) is 5.56 Å². The molecule has 0 aromatic carbocycles. The second-order valence-electron chi connectivity index (χ2n) is 6.84. The quantitative estimate of drug-likeness (QED) is 0.489. The van der Waals surface area contributed by atoms with Crippen LogP contribution in [-0.2, 0) is 17.9 Å². The molecule has 4 aromatic heterocycles. The van der Waals surface area contributed by atoms with Gasteiger partial charge in [0, 0.05) is 56.1 Å². The second kappa shape index (κ2) is 8.56. The average Bonchev–Trinajstić information content (AvgIpc) is 3.37. The maximum atomic E-state index is 12.8. The molecule has 0 fully saturated rings. The molecule has 0 atom stereocenters. The Morgan fingerprint density at radius 2 is 2.13 bits per heavy atom. The molecule has 4 aromatic rings. The lowest BCUT2D eigenvalue weighted by Gasteiger charge is -2.07. The van der Waals surface area contributed by atoms with Gasteiger partial charge < -0.3 is 5.32 Å². The summed E-state index contributed by atoms with van der Waals surface area (Å²) < 4.78 is 3.12. The largest absolute Gasteiger partial charge is 0.352 e. The minimum absolute atomic E-state index is 0.0718. The summed E-state index contributed by atoms with van der Waals surface area (Å²) in [6, 6.07) is 9.07. The van der Waals surface area contributed by atoms with E-state index in [-0.39, 0.29) is 11.5 Å². The van der Waals surface area contributed by atoms with Crippen LogP contribution in [0.3, 0.4) is 0 Å². The highest BCUT2D eigenvalue weighted by Crippen LogP contribution is 2.14. The van der Waals surface area contributed by atoms with Gasteiger partial charge >= 0.3 is 0 Å². The molecule has 0 radical (unpaired) electrons. The SMILES string of the molecule is Cc1ccn(CCC(=O)NCc2ccnc(-n3[nH]cc(-c4cccnc4)c3=O)c2)n1. The van der Waals surface area contributed by atoms with Crippen molar-refractivity contribution >= 4 is 5.91 Å². The van der Waals surface area contributed by atoms with Gasteiger partial charge in [-0.05, 0) is 36.8 Å². The summed E-state index contributed by atoms with van der Waals surface area (Å²) in [6.07, 6.45) is 8.73. The first-order chi connectivity index (χ1) is 14.6. The molecule has 9 heteroatoms. The smallest absolute Gasteiger partial charge is 0.280 e. The predicted molar refractivity (Wildman–Crippen MR) is 111 cm³/mol. The van der Waals surface area contributed by atoms with Gasteiger partial charge in [0.2, 0.25) is 5.91 Å². The summed E-state index contributed by atoms with van der Waals surface area (Å²) >= 11 is 0. The predicted octanol–water partition coefficient (Wildman–Crippen LogP) is 1.83. The zero-order valence-electron chi connectivity index (χ0n) is 16.4. The normalized spacial score (nSPS) is 10.8. The van der Waals surface area contributed by atoms with Crippen LogP contribution >= 0.6 is 0 Å². The average molecular weight is 403 g/mol. The van der Waals surface area contributed by atoms with Gasteiger partial charge in [-0.1, -0.05) is 6.07 Å². The molecule has 30 heavy (non-hydrogen) atoms. The Morgan fingerprint density at radius 1 is 1.23 bits per heavy atom. The number of pyridine rings is 2. The molecule has 9 nitrogen and oxygen atoms in total. The van der Waals surface area contributed by atoms with Crippen LogP contribution in [-0.4, -0.2) is 35.4 Å². The third-order valence-corrected chi connectivity index (χ3v) is 4.61. The molecule has 152 valence electrons. The fourth-order valence-electron chi connectivity index (χ4n) is 3.05. The number of aromatic amines is 1. The number of nitrogens with one attached hydrogen (secondary N) is 2. The van der Waals surface area contributed by atoms with Gasteiger partial charge in [-0.2, -0.15) is 5.10 Å². The lowest BCUT2D eigenvalue weighted by molar-refractivity contribution is -0.121. The van der Waals surface area contributed by atoms with E-state index in [0.717, 1.165) is 16.8 Å². The van der Waals surface area contributed by atoms with Crippen LogP contribution < -0.4 is 10.9 Å². The van der Waals surface area contributed by atoms with Gasteiger partial charge in [0.1, 0.15) is 0 Å². The molecule has 1 amide bonds. The Balaban J connectivity index is 1.41. The highest BCUT2D eigenvalue weighted by Gasteiger charge is 2.11. The van der Waals surface area contributed by atoms with Crippen molar-refractivity contribution in [1.29, 1.82) is 0 Å². The van der Waals surface area contributed by atoms with E-state index in [1.165, 1.54) is 4.68 Å². The number of carbonyl (C=O) groups excluding carboxylic acids is 1. The summed E-state index contributed by atoms with van der Waals surface area (Å²) in [5, 5.41) is 10.1. The number of hydrogen-bond acceptors (Lipinski definition) is 5. The zero-order chi connectivity index (χ0) is 20.9. The Morgan fingerprint density at radius 3 is 2.90 bits per heavy atom. The van der Waals surface area contributed by atoms with Crippen molar-refractivity contribution in [3.8, 4) is 16.9 Å². The number of nitrogens with zero attached hydrogens (tertiary/aromatic N) is 5. The van der Waals surface area contributed by atoms with E-state index in [2.05, 4.69) is 25.5 Å². The van der Waals surface area contributed by atoms with Crippen molar-refractivity contribution in [1.82, 2.24) is 34.8 Å². The van der Waals surface area contributed by atoms with Crippen molar-refractivity contribution in [2.45, 2.75) is 26.4 Å². The Bertz CT molecular complexity index is 1210. The Labute approximate surface area is 172 Å². The van der Waals surface area contributed by atoms with Crippen molar-refractivity contribution in [2.24, 2.45) is 0 Å². The minimum Gasteiger partial charge on any atom is -0.352 e. The van der Waals surface area contributed by atoms with Crippen LogP contribution in [0, 0.1) is 6.92 Å². The van der Waals surface area contributed by atoms with E-state index < -0.39 is 0 Å². The second-order valence-corrected chi connectivity index (χ2v) is 6.84. The van der Waals surface area contributed by atoms with E-state index in [1.54, 1.807) is 47.7 Å². The maximum absolute atomic E-state index is 12.8. The molecular formula is C21H21N7O2. The number of rotatable bonds is 7. The molecule has 4 heterocycles. The molecule has 0 aliphatic carbocycles. The lowest BCUT2D eigenvalue weighted by atomic mass is 10.2. The molecule has 0 spiro atoms. The maximum Gasteiger partial charge on any atom is 0.280 e. The van der Waals surface area contributed by atoms with Gasteiger partial charge in [0.15, 0.2) is 5.82 Å². The van der Waals surface area contributed by atoms with Crippen LogP contribution in [0.4, 0.5) is 0 Å². The topological polar surface area (TPSA) is 110 Å². The highest BCUT2D eigenvalue weighted by atomic mass is 16.1. The summed E-state index contributed by atoms with van der Waals surface area (Å²) in [5.41, 5.74) is 2.79. The highest BCUT2D eigenvalue weighted by molar-refractivity contribution is 5.75. The zero-order valence-corrected chi connectivity index (χ0v) is 16.4. The number of aromatic nitrogens is 6. The van der Waals surface area contributed by atoms with Crippen molar-refractivity contribution in [3.63, 3.8) is 0 Å². The molecule has 0 aliphatic rings. The molecule has 0 unspecified atom stereocenters. The standard InChI is InChI=1S/C21H21N7O2/c1-15-5-9-27(26-15)10-6-20(29)24-12-16-4-8-23-19(11-16)28-21(30)18(14-25-28)17-3-2-7-22-13-17/h2-5,7-9,11,13-14,25H,6,10,12H2,1H3,(H,24,29). The number of amides is 1. The molecule has 4 rings (SSSR count). The van der Waals surface area contributed by atoms with Crippen molar-refractivity contribution in [2.75, 3.05) is 0 Å². The molecule has 0 saturated heterocycles. The third-order valence-electron chi connectivity index (χ3n) is 4.61. The third kappa shape index (κ3) is 4.35. The van der Waals surface area contributed by atoms with Gasteiger partial charge in [-0.15, -0.1) is 0 Å². The Hall–Kier alpha value is -4.01. The summed E-state index contributed by atoms with van der Waals surface area (Å²) in [4.78, 5) is 33.2. The first-order valence-electron chi connectivity index (χ1n) is 9.53. The van der Waals surface area contributed by atoms with Gasteiger partial charge in [-0.25, -0.2) is 9.67 Å². The van der Waals surface area contributed by atoms with Crippen molar-refractivity contribution in [3.05, 3.63) is 82.9 Å². The van der Waals surface area contributed by atoms with Crippen LogP contribution in [0.2, 0.25) is 0 Å². The van der Waals surface area contributed by atoms with Gasteiger partial charge in [-0.3, -0.25) is 24.4 Å². The first kappa shape index (κ1) is 19.3. The molecule has 2 N–H and O–H groups in total. The summed E-state index contributed by atoms with van der Waals surface area (Å²) in [7, 11) is 0.